The minimum Gasteiger partial charge on any atom is -0.460 e. The van der Waals surface area contributed by atoms with Crippen molar-refractivity contribution in [1.29, 1.82) is 0 Å². The van der Waals surface area contributed by atoms with Gasteiger partial charge in [-0.15, -0.1) is 0 Å². The minimum absolute atomic E-state index is 0.0703. The molecule has 1 saturated carbocycles. The summed E-state index contributed by atoms with van der Waals surface area (Å²) in [6.07, 6.45) is -0.570. The maximum absolute atomic E-state index is 13.4. The quantitative estimate of drug-likeness (QED) is 0.697. The molecule has 1 fully saturated rings. The molecule has 1 aliphatic carbocycles. The van der Waals surface area contributed by atoms with Crippen molar-refractivity contribution in [3.63, 3.8) is 0 Å². The van der Waals surface area contributed by atoms with Gasteiger partial charge in [-0.3, -0.25) is 4.79 Å². The molecule has 1 aliphatic rings. The van der Waals surface area contributed by atoms with Gasteiger partial charge in [0.05, 0.1) is 5.92 Å². The molecule has 17 heavy (non-hydrogen) atoms. The number of carbonyl (C=O) groups excluding carboxylic acids is 1. The fourth-order valence-corrected chi connectivity index (χ4v) is 2.38. The van der Waals surface area contributed by atoms with Crippen molar-refractivity contribution >= 4 is 5.97 Å². The molecule has 1 unspecified atom stereocenters. The van der Waals surface area contributed by atoms with Crippen molar-refractivity contribution in [2.24, 2.45) is 17.8 Å². The number of carbonyl (C=O) groups is 1. The maximum atomic E-state index is 13.4. The lowest BCUT2D eigenvalue weighted by molar-refractivity contribution is -0.162. The second-order valence-corrected chi connectivity index (χ2v) is 6.31. The maximum Gasteiger partial charge on any atom is 0.309 e. The average molecular weight is 248 g/mol. The number of rotatable bonds is 2. The van der Waals surface area contributed by atoms with Gasteiger partial charge in [0, 0.05) is 12.8 Å². The van der Waals surface area contributed by atoms with Gasteiger partial charge in [-0.2, -0.15) is 0 Å². The van der Waals surface area contributed by atoms with Gasteiger partial charge in [-0.05, 0) is 32.6 Å². The van der Waals surface area contributed by atoms with Crippen LogP contribution in [0.2, 0.25) is 0 Å². The van der Waals surface area contributed by atoms with Crippen LogP contribution in [-0.2, 0) is 9.53 Å². The van der Waals surface area contributed by atoms with Crippen molar-refractivity contribution < 1.29 is 18.3 Å². The molecule has 0 amide bonds. The van der Waals surface area contributed by atoms with Crippen LogP contribution in [0.5, 0.6) is 0 Å². The van der Waals surface area contributed by atoms with E-state index in [0.717, 1.165) is 0 Å². The highest BCUT2D eigenvalue weighted by Crippen LogP contribution is 2.47. The van der Waals surface area contributed by atoms with E-state index in [9.17, 15) is 13.6 Å². The van der Waals surface area contributed by atoms with Gasteiger partial charge in [0.15, 0.2) is 0 Å². The fourth-order valence-electron chi connectivity index (χ4n) is 2.38. The second-order valence-electron chi connectivity index (χ2n) is 6.31. The van der Waals surface area contributed by atoms with Gasteiger partial charge in [-0.1, -0.05) is 13.8 Å². The first-order valence-corrected chi connectivity index (χ1v) is 6.12. The monoisotopic (exact) mass is 248 g/mol. The molecule has 100 valence electrons. The van der Waals surface area contributed by atoms with Gasteiger partial charge < -0.3 is 4.74 Å². The number of alkyl halides is 2. The Kier molecular flexibility index (Phi) is 3.84. The predicted octanol–water partition coefficient (Wildman–Crippen LogP) is 3.65. The molecule has 0 saturated heterocycles. The third-order valence-electron chi connectivity index (χ3n) is 3.14. The van der Waals surface area contributed by atoms with Crippen LogP contribution in [0.3, 0.4) is 0 Å². The van der Waals surface area contributed by atoms with Crippen LogP contribution in [-0.4, -0.2) is 17.5 Å². The summed E-state index contributed by atoms with van der Waals surface area (Å²) >= 11 is 0. The van der Waals surface area contributed by atoms with Crippen LogP contribution < -0.4 is 0 Å². The van der Waals surface area contributed by atoms with Gasteiger partial charge in [0.25, 0.3) is 0 Å². The Bertz CT molecular complexity index is 292. The first-order valence-electron chi connectivity index (χ1n) is 6.12. The van der Waals surface area contributed by atoms with E-state index < -0.39 is 23.4 Å². The highest BCUT2D eigenvalue weighted by Gasteiger charge is 2.51. The molecule has 0 aromatic carbocycles. The van der Waals surface area contributed by atoms with E-state index >= 15 is 0 Å². The van der Waals surface area contributed by atoms with Crippen LogP contribution in [0.1, 0.15) is 47.5 Å². The Morgan fingerprint density at radius 1 is 1.29 bits per heavy atom. The Labute approximate surface area is 102 Å². The molecule has 1 rings (SSSR count). The molecule has 2 atom stereocenters. The normalized spacial score (nSPS) is 28.5. The molecule has 0 heterocycles. The summed E-state index contributed by atoms with van der Waals surface area (Å²) in [6.45, 7) is 9.01. The third kappa shape index (κ3) is 3.93. The van der Waals surface area contributed by atoms with E-state index in [2.05, 4.69) is 0 Å². The summed E-state index contributed by atoms with van der Waals surface area (Å²) in [4.78, 5) is 11.9. The van der Waals surface area contributed by atoms with Crippen LogP contribution in [0, 0.1) is 17.8 Å². The van der Waals surface area contributed by atoms with Crippen LogP contribution >= 0.6 is 0 Å². The van der Waals surface area contributed by atoms with Crippen LogP contribution in [0.25, 0.3) is 0 Å². The zero-order valence-corrected chi connectivity index (χ0v) is 11.2. The minimum atomic E-state index is -2.73. The first kappa shape index (κ1) is 14.4. The van der Waals surface area contributed by atoms with Gasteiger partial charge >= 0.3 is 5.97 Å². The first-order chi connectivity index (χ1) is 7.52. The lowest BCUT2D eigenvalue weighted by Crippen LogP contribution is -2.31. The highest BCUT2D eigenvalue weighted by molar-refractivity contribution is 5.74. The standard InChI is InChI=1S/C13H22F2O2/c1-8(2)9-6-13(14,15)7-10(9)11(16)17-12(3,4)5/h8-10H,6-7H2,1-5H3/t9-,10?/m0/s1. The molecule has 2 nitrogen and oxygen atoms in total. The molecule has 0 bridgehead atoms. The Morgan fingerprint density at radius 3 is 2.24 bits per heavy atom. The molecule has 4 heteroatoms. The SMILES string of the molecule is CC(C)[C@@H]1CC(F)(F)CC1C(=O)OC(C)(C)C. The summed E-state index contributed by atoms with van der Waals surface area (Å²) in [5.74, 6) is -4.07. The number of hydrogen-bond donors (Lipinski definition) is 0. The van der Waals surface area contributed by atoms with Crippen molar-refractivity contribution in [1.82, 2.24) is 0 Å². The number of halogens is 2. The average Bonchev–Trinajstić information content (AvgIpc) is 2.38. The molecule has 0 aliphatic heterocycles. The molecule has 0 aromatic heterocycles. The van der Waals surface area contributed by atoms with E-state index in [1.165, 1.54) is 0 Å². The number of ether oxygens (including phenoxy) is 1. The van der Waals surface area contributed by atoms with Crippen molar-refractivity contribution in [2.45, 2.75) is 59.0 Å². The third-order valence-corrected chi connectivity index (χ3v) is 3.14. The van der Waals surface area contributed by atoms with Gasteiger partial charge in [-0.25, -0.2) is 8.78 Å². The summed E-state index contributed by atoms with van der Waals surface area (Å²) < 4.78 is 32.0. The zero-order valence-electron chi connectivity index (χ0n) is 11.2. The Morgan fingerprint density at radius 2 is 1.82 bits per heavy atom. The van der Waals surface area contributed by atoms with E-state index in [0.29, 0.717) is 0 Å². The van der Waals surface area contributed by atoms with Crippen molar-refractivity contribution in [3.8, 4) is 0 Å². The number of hydrogen-bond acceptors (Lipinski definition) is 2. The van der Waals surface area contributed by atoms with Crippen LogP contribution in [0.15, 0.2) is 0 Å². The summed E-state index contributed by atoms with van der Waals surface area (Å²) in [5, 5.41) is 0. The largest absolute Gasteiger partial charge is 0.460 e. The number of esters is 1. The molecule has 0 spiro atoms. The van der Waals surface area contributed by atoms with Crippen molar-refractivity contribution in [2.75, 3.05) is 0 Å². The highest BCUT2D eigenvalue weighted by atomic mass is 19.3. The molecule has 0 radical (unpaired) electrons. The topological polar surface area (TPSA) is 26.3 Å². The summed E-state index contributed by atoms with van der Waals surface area (Å²) in [7, 11) is 0. The zero-order chi connectivity index (χ0) is 13.4. The van der Waals surface area contributed by atoms with E-state index in [-0.39, 0.29) is 24.7 Å². The summed E-state index contributed by atoms with van der Waals surface area (Å²) in [6, 6.07) is 0. The fraction of sp³-hybridized carbons (Fsp3) is 0.923. The predicted molar refractivity (Wildman–Crippen MR) is 61.8 cm³/mol. The molecule has 0 aromatic rings. The second kappa shape index (κ2) is 4.54. The van der Waals surface area contributed by atoms with E-state index in [1.807, 2.05) is 13.8 Å². The Hall–Kier alpha value is -0.670. The molecular weight excluding hydrogens is 226 g/mol. The molecule has 0 N–H and O–H groups in total. The van der Waals surface area contributed by atoms with E-state index in [4.69, 9.17) is 4.74 Å². The summed E-state index contributed by atoms with van der Waals surface area (Å²) in [5.41, 5.74) is -0.615. The van der Waals surface area contributed by atoms with E-state index in [1.54, 1.807) is 20.8 Å². The van der Waals surface area contributed by atoms with Gasteiger partial charge in [0.2, 0.25) is 5.92 Å². The smallest absolute Gasteiger partial charge is 0.309 e. The lowest BCUT2D eigenvalue weighted by atomic mass is 9.86. The lowest BCUT2D eigenvalue weighted by Gasteiger charge is -2.26. The van der Waals surface area contributed by atoms with Gasteiger partial charge in [0.1, 0.15) is 5.60 Å². The van der Waals surface area contributed by atoms with Crippen molar-refractivity contribution in [3.05, 3.63) is 0 Å². The Balaban J connectivity index is 2.77. The van der Waals surface area contributed by atoms with Crippen LogP contribution in [0.4, 0.5) is 8.78 Å². The molecular formula is C13H22F2O2.